The van der Waals surface area contributed by atoms with Gasteiger partial charge in [-0.1, -0.05) is 18.2 Å². The van der Waals surface area contributed by atoms with E-state index in [1.807, 2.05) is 11.8 Å². The van der Waals surface area contributed by atoms with Crippen molar-refractivity contribution in [2.45, 2.75) is 17.1 Å². The van der Waals surface area contributed by atoms with Crippen molar-refractivity contribution in [2.24, 2.45) is 0 Å². The first kappa shape index (κ1) is 6.99. The van der Waals surface area contributed by atoms with Crippen LogP contribution < -0.4 is 0 Å². The number of fused-ring (bicyclic) bond motifs is 1. The van der Waals surface area contributed by atoms with Crippen LogP contribution in [0.5, 0.6) is 0 Å². The Morgan fingerprint density at radius 2 is 2.18 bits per heavy atom. The van der Waals surface area contributed by atoms with Crippen LogP contribution in [-0.4, -0.2) is 5.25 Å². The van der Waals surface area contributed by atoms with Crippen molar-refractivity contribution in [1.29, 1.82) is 0 Å². The molecular weight excluding hydrogens is 152 g/mol. The first-order chi connectivity index (χ1) is 5.36. The van der Waals surface area contributed by atoms with Crippen molar-refractivity contribution in [3.63, 3.8) is 0 Å². The van der Waals surface area contributed by atoms with E-state index in [1.54, 1.807) is 0 Å². The SMILES string of the molecule is CC1[C]=Cc2ccccc2S1. The second-order valence-electron chi connectivity index (χ2n) is 2.61. The summed E-state index contributed by atoms with van der Waals surface area (Å²) in [7, 11) is 0. The highest BCUT2D eigenvalue weighted by Gasteiger charge is 2.08. The number of hydrogen-bond acceptors (Lipinski definition) is 1. The molecule has 1 aliphatic heterocycles. The maximum atomic E-state index is 3.28. The third-order valence-electron chi connectivity index (χ3n) is 1.70. The minimum Gasteiger partial charge on any atom is -0.118 e. The monoisotopic (exact) mass is 161 g/mol. The fourth-order valence-corrected chi connectivity index (χ4v) is 2.08. The van der Waals surface area contributed by atoms with E-state index in [-0.39, 0.29) is 0 Å². The molecule has 0 spiro atoms. The molecule has 0 amide bonds. The standard InChI is InChI=1S/C10H9S/c1-8-6-7-9-4-2-3-5-10(9)11-8/h2-5,7-8H,1H3. The highest BCUT2D eigenvalue weighted by Crippen LogP contribution is 2.31. The van der Waals surface area contributed by atoms with Gasteiger partial charge < -0.3 is 0 Å². The van der Waals surface area contributed by atoms with E-state index >= 15 is 0 Å². The van der Waals surface area contributed by atoms with E-state index in [9.17, 15) is 0 Å². The molecule has 0 fully saturated rings. The van der Waals surface area contributed by atoms with Crippen LogP contribution in [0.3, 0.4) is 0 Å². The van der Waals surface area contributed by atoms with Gasteiger partial charge in [-0.3, -0.25) is 0 Å². The maximum absolute atomic E-state index is 3.28. The summed E-state index contributed by atoms with van der Waals surface area (Å²) in [6.07, 6.45) is 5.36. The van der Waals surface area contributed by atoms with Gasteiger partial charge in [0.05, 0.1) is 0 Å². The Morgan fingerprint density at radius 1 is 1.36 bits per heavy atom. The van der Waals surface area contributed by atoms with Crippen molar-refractivity contribution in [2.75, 3.05) is 0 Å². The highest BCUT2D eigenvalue weighted by atomic mass is 32.2. The molecular formula is C10H9S. The third kappa shape index (κ3) is 1.33. The van der Waals surface area contributed by atoms with E-state index < -0.39 is 0 Å². The van der Waals surface area contributed by atoms with Crippen LogP contribution in [0.25, 0.3) is 6.08 Å². The van der Waals surface area contributed by atoms with Gasteiger partial charge in [-0.25, -0.2) is 0 Å². The van der Waals surface area contributed by atoms with Crippen LogP contribution in [-0.2, 0) is 0 Å². The molecule has 1 aromatic rings. The normalized spacial score (nSPS) is 21.4. The average Bonchev–Trinajstić information content (AvgIpc) is 2.04. The van der Waals surface area contributed by atoms with Gasteiger partial charge in [0.2, 0.25) is 0 Å². The van der Waals surface area contributed by atoms with E-state index in [4.69, 9.17) is 0 Å². The van der Waals surface area contributed by atoms with Crippen molar-refractivity contribution < 1.29 is 0 Å². The molecule has 1 unspecified atom stereocenters. The summed E-state index contributed by atoms with van der Waals surface area (Å²) in [4.78, 5) is 1.37. The van der Waals surface area contributed by atoms with Crippen LogP contribution >= 0.6 is 11.8 Å². The molecule has 1 atom stereocenters. The van der Waals surface area contributed by atoms with Crippen molar-refractivity contribution >= 4 is 17.8 Å². The lowest BCUT2D eigenvalue weighted by atomic mass is 10.2. The van der Waals surface area contributed by atoms with Crippen LogP contribution in [0.2, 0.25) is 0 Å². The molecule has 1 heteroatoms. The lowest BCUT2D eigenvalue weighted by molar-refractivity contribution is 1.19. The number of rotatable bonds is 0. The predicted octanol–water partition coefficient (Wildman–Crippen LogP) is 3.00. The molecule has 1 aliphatic rings. The van der Waals surface area contributed by atoms with Crippen molar-refractivity contribution in [3.05, 3.63) is 35.9 Å². The zero-order valence-corrected chi connectivity index (χ0v) is 7.19. The van der Waals surface area contributed by atoms with Gasteiger partial charge >= 0.3 is 0 Å². The van der Waals surface area contributed by atoms with E-state index in [0.717, 1.165) is 0 Å². The Labute approximate surface area is 71.3 Å². The molecule has 1 radical (unpaired) electrons. The summed E-state index contributed by atoms with van der Waals surface area (Å²) < 4.78 is 0. The Balaban J connectivity index is 2.46. The number of thioether (sulfide) groups is 1. The smallest absolute Gasteiger partial charge is 0.0319 e. The fourth-order valence-electron chi connectivity index (χ4n) is 1.14. The predicted molar refractivity (Wildman–Crippen MR) is 49.5 cm³/mol. The Morgan fingerprint density at radius 3 is 3.09 bits per heavy atom. The first-order valence-electron chi connectivity index (χ1n) is 3.71. The molecule has 1 aromatic carbocycles. The Kier molecular flexibility index (Phi) is 1.74. The van der Waals surface area contributed by atoms with Crippen LogP contribution in [0.4, 0.5) is 0 Å². The molecule has 0 saturated carbocycles. The molecule has 0 aromatic heterocycles. The summed E-state index contributed by atoms with van der Waals surface area (Å²) >= 11 is 1.87. The van der Waals surface area contributed by atoms with Crippen molar-refractivity contribution in [1.82, 2.24) is 0 Å². The lowest BCUT2D eigenvalue weighted by Crippen LogP contribution is -1.96. The van der Waals surface area contributed by atoms with Crippen LogP contribution in [0.1, 0.15) is 12.5 Å². The zero-order valence-electron chi connectivity index (χ0n) is 6.37. The summed E-state index contributed by atoms with van der Waals surface area (Å²) in [6, 6.07) is 8.43. The average molecular weight is 161 g/mol. The van der Waals surface area contributed by atoms with Gasteiger partial charge in [-0.15, -0.1) is 11.8 Å². The molecule has 0 aliphatic carbocycles. The molecule has 55 valence electrons. The van der Waals surface area contributed by atoms with Gasteiger partial charge in [-0.05, 0) is 30.7 Å². The van der Waals surface area contributed by atoms with Gasteiger partial charge in [0.1, 0.15) is 0 Å². The van der Waals surface area contributed by atoms with Gasteiger partial charge in [0.15, 0.2) is 0 Å². The minimum absolute atomic E-state index is 0.505. The molecule has 0 N–H and O–H groups in total. The van der Waals surface area contributed by atoms with E-state index in [2.05, 4.69) is 43.3 Å². The summed E-state index contributed by atoms with van der Waals surface area (Å²) in [5, 5.41) is 0.505. The topological polar surface area (TPSA) is 0 Å². The minimum atomic E-state index is 0.505. The Bertz CT molecular complexity index is 289. The maximum Gasteiger partial charge on any atom is 0.0319 e. The largest absolute Gasteiger partial charge is 0.118 e. The molecule has 1 heterocycles. The molecule has 0 nitrogen and oxygen atoms in total. The van der Waals surface area contributed by atoms with Gasteiger partial charge in [0, 0.05) is 10.1 Å². The molecule has 11 heavy (non-hydrogen) atoms. The quantitative estimate of drug-likeness (QED) is 0.563. The molecule has 0 bridgehead atoms. The molecule has 2 rings (SSSR count). The van der Waals surface area contributed by atoms with Gasteiger partial charge in [-0.2, -0.15) is 0 Å². The van der Waals surface area contributed by atoms with Crippen LogP contribution in [0, 0.1) is 6.08 Å². The molecule has 0 saturated heterocycles. The second-order valence-corrected chi connectivity index (χ2v) is 3.99. The summed E-state index contributed by atoms with van der Waals surface area (Å²) in [6.45, 7) is 2.16. The number of benzene rings is 1. The third-order valence-corrected chi connectivity index (χ3v) is 2.81. The first-order valence-corrected chi connectivity index (χ1v) is 4.59. The van der Waals surface area contributed by atoms with E-state index in [0.29, 0.717) is 5.25 Å². The van der Waals surface area contributed by atoms with Gasteiger partial charge in [0.25, 0.3) is 0 Å². The summed E-state index contributed by atoms with van der Waals surface area (Å²) in [5.41, 5.74) is 1.30. The highest BCUT2D eigenvalue weighted by molar-refractivity contribution is 8.00. The summed E-state index contributed by atoms with van der Waals surface area (Å²) in [5.74, 6) is 0. The number of hydrogen-bond donors (Lipinski definition) is 0. The van der Waals surface area contributed by atoms with E-state index in [1.165, 1.54) is 10.5 Å². The fraction of sp³-hybridized carbons (Fsp3) is 0.200. The zero-order chi connectivity index (χ0) is 7.68. The Hall–Kier alpha value is -0.690. The second kappa shape index (κ2) is 2.74. The van der Waals surface area contributed by atoms with Crippen molar-refractivity contribution in [3.8, 4) is 0 Å². The lowest BCUT2D eigenvalue weighted by Gasteiger charge is -2.13. The van der Waals surface area contributed by atoms with Crippen LogP contribution in [0.15, 0.2) is 29.2 Å².